The van der Waals surface area contributed by atoms with Crippen LogP contribution < -0.4 is 4.31 Å². The van der Waals surface area contributed by atoms with E-state index in [1.807, 2.05) is 6.92 Å². The first-order chi connectivity index (χ1) is 15.6. The quantitative estimate of drug-likeness (QED) is 0.586. The first kappa shape index (κ1) is 25.1. The maximum atomic E-state index is 13.5. The second kappa shape index (κ2) is 10.6. The first-order valence-electron chi connectivity index (χ1n) is 10.4. The van der Waals surface area contributed by atoms with Crippen LogP contribution in [-0.4, -0.2) is 69.5 Å². The van der Waals surface area contributed by atoms with Crippen LogP contribution in [0.5, 0.6) is 0 Å². The Morgan fingerprint density at radius 1 is 0.970 bits per heavy atom. The number of anilines is 1. The molecule has 2 aromatic rings. The standard InChI is InChI=1S/C22H25Cl2N3O5S/c1-3-32-22(29)26-10-8-25(9-11-26)21(28)15-27(19-13-17(23)12-18(24)14-19)33(30,31)20-6-4-16(2)5-7-20/h4-7,12-14H,3,8-11,15H2,1-2H3. The third kappa shape index (κ3) is 6.10. The molecule has 0 aliphatic carbocycles. The van der Waals surface area contributed by atoms with Gasteiger partial charge in [-0.15, -0.1) is 0 Å². The minimum atomic E-state index is -4.09. The molecule has 0 saturated carbocycles. The Hall–Kier alpha value is -2.49. The van der Waals surface area contributed by atoms with Crippen LogP contribution in [0.25, 0.3) is 0 Å². The molecular formula is C22H25Cl2N3O5S. The Balaban J connectivity index is 1.85. The van der Waals surface area contributed by atoms with Gasteiger partial charge in [0.15, 0.2) is 0 Å². The number of halogens is 2. The van der Waals surface area contributed by atoms with Crippen molar-refractivity contribution in [3.63, 3.8) is 0 Å². The van der Waals surface area contributed by atoms with Crippen molar-refractivity contribution in [2.75, 3.05) is 43.6 Å². The summed E-state index contributed by atoms with van der Waals surface area (Å²) in [5.74, 6) is -0.398. The fourth-order valence-corrected chi connectivity index (χ4v) is 5.32. The van der Waals surface area contributed by atoms with Gasteiger partial charge in [-0.2, -0.15) is 0 Å². The lowest BCUT2D eigenvalue weighted by atomic mass is 10.2. The molecule has 3 rings (SSSR count). The van der Waals surface area contributed by atoms with Crippen LogP contribution in [0.3, 0.4) is 0 Å². The number of aryl methyl sites for hydroxylation is 1. The fraction of sp³-hybridized carbons (Fsp3) is 0.364. The highest BCUT2D eigenvalue weighted by Gasteiger charge is 2.31. The predicted octanol–water partition coefficient (Wildman–Crippen LogP) is 3.80. The normalized spacial score (nSPS) is 14.2. The topological polar surface area (TPSA) is 87.2 Å². The van der Waals surface area contributed by atoms with Crippen LogP contribution in [0, 0.1) is 6.92 Å². The van der Waals surface area contributed by atoms with E-state index in [0.717, 1.165) is 9.87 Å². The highest BCUT2D eigenvalue weighted by Crippen LogP contribution is 2.30. The molecule has 0 spiro atoms. The van der Waals surface area contributed by atoms with Crippen molar-refractivity contribution in [1.82, 2.24) is 9.80 Å². The van der Waals surface area contributed by atoms with E-state index in [0.29, 0.717) is 13.1 Å². The largest absolute Gasteiger partial charge is 0.450 e. The molecule has 1 saturated heterocycles. The number of amides is 2. The van der Waals surface area contributed by atoms with Crippen molar-refractivity contribution in [3.05, 3.63) is 58.1 Å². The number of hydrogen-bond donors (Lipinski definition) is 0. The lowest BCUT2D eigenvalue weighted by molar-refractivity contribution is -0.131. The van der Waals surface area contributed by atoms with Gasteiger partial charge in [0.2, 0.25) is 5.91 Å². The average molecular weight is 514 g/mol. The summed E-state index contributed by atoms with van der Waals surface area (Å²) in [4.78, 5) is 28.1. The Morgan fingerprint density at radius 2 is 1.52 bits per heavy atom. The number of benzene rings is 2. The van der Waals surface area contributed by atoms with Crippen LogP contribution in [0.15, 0.2) is 47.4 Å². The van der Waals surface area contributed by atoms with E-state index in [9.17, 15) is 18.0 Å². The van der Waals surface area contributed by atoms with Crippen LogP contribution in [0.2, 0.25) is 10.0 Å². The Kier molecular flexibility index (Phi) is 8.10. The lowest BCUT2D eigenvalue weighted by Gasteiger charge is -2.35. The Morgan fingerprint density at radius 3 is 2.06 bits per heavy atom. The van der Waals surface area contributed by atoms with Crippen molar-refractivity contribution in [2.45, 2.75) is 18.7 Å². The summed E-state index contributed by atoms with van der Waals surface area (Å²) < 4.78 is 33.0. The number of piperazine rings is 1. The Bertz CT molecular complexity index is 1100. The molecule has 1 fully saturated rings. The van der Waals surface area contributed by atoms with E-state index in [1.54, 1.807) is 19.1 Å². The number of rotatable bonds is 6. The summed E-state index contributed by atoms with van der Waals surface area (Å²) in [5.41, 5.74) is 1.09. The molecule has 1 aliphatic rings. The zero-order valence-electron chi connectivity index (χ0n) is 18.3. The number of carbonyl (C=O) groups excluding carboxylic acids is 2. The minimum absolute atomic E-state index is 0.0455. The molecule has 8 nitrogen and oxygen atoms in total. The molecule has 0 N–H and O–H groups in total. The maximum absolute atomic E-state index is 13.5. The summed E-state index contributed by atoms with van der Waals surface area (Å²) in [5, 5.41) is 0.495. The number of ether oxygens (including phenoxy) is 1. The van der Waals surface area contributed by atoms with Gasteiger partial charge in [0.1, 0.15) is 6.54 Å². The molecule has 33 heavy (non-hydrogen) atoms. The van der Waals surface area contributed by atoms with Crippen LogP contribution in [-0.2, 0) is 19.6 Å². The summed E-state index contributed by atoms with van der Waals surface area (Å²) in [6.07, 6.45) is -0.429. The summed E-state index contributed by atoms with van der Waals surface area (Å²) in [6.45, 7) is 4.56. The van der Waals surface area contributed by atoms with Gasteiger partial charge in [0, 0.05) is 36.2 Å². The van der Waals surface area contributed by atoms with Crippen LogP contribution >= 0.6 is 23.2 Å². The number of nitrogens with zero attached hydrogens (tertiary/aromatic N) is 3. The predicted molar refractivity (Wildman–Crippen MR) is 127 cm³/mol. The van der Waals surface area contributed by atoms with Crippen LogP contribution in [0.1, 0.15) is 12.5 Å². The molecule has 178 valence electrons. The van der Waals surface area contributed by atoms with Crippen molar-refractivity contribution >= 4 is 50.9 Å². The van der Waals surface area contributed by atoms with Crippen molar-refractivity contribution in [2.24, 2.45) is 0 Å². The lowest BCUT2D eigenvalue weighted by Crippen LogP contribution is -2.53. The van der Waals surface area contributed by atoms with E-state index in [2.05, 4.69) is 0 Å². The van der Waals surface area contributed by atoms with Gasteiger partial charge in [-0.3, -0.25) is 9.10 Å². The summed E-state index contributed by atoms with van der Waals surface area (Å²) in [6, 6.07) is 10.7. The molecule has 0 aromatic heterocycles. The third-order valence-corrected chi connectivity index (χ3v) is 7.41. The van der Waals surface area contributed by atoms with Crippen LogP contribution in [0.4, 0.5) is 10.5 Å². The highest BCUT2D eigenvalue weighted by molar-refractivity contribution is 7.92. The minimum Gasteiger partial charge on any atom is -0.450 e. The molecule has 2 aromatic carbocycles. The third-order valence-electron chi connectivity index (χ3n) is 5.18. The van der Waals surface area contributed by atoms with Crippen molar-refractivity contribution in [3.8, 4) is 0 Å². The molecule has 11 heteroatoms. The van der Waals surface area contributed by atoms with E-state index in [4.69, 9.17) is 27.9 Å². The van der Waals surface area contributed by atoms with Gasteiger partial charge in [0.05, 0.1) is 17.2 Å². The van der Waals surface area contributed by atoms with Gasteiger partial charge >= 0.3 is 6.09 Å². The molecule has 2 amide bonds. The number of hydrogen-bond acceptors (Lipinski definition) is 5. The second-order valence-electron chi connectivity index (χ2n) is 7.52. The highest BCUT2D eigenvalue weighted by atomic mass is 35.5. The van der Waals surface area contributed by atoms with Gasteiger partial charge in [-0.1, -0.05) is 40.9 Å². The van der Waals surface area contributed by atoms with Gasteiger partial charge < -0.3 is 14.5 Å². The van der Waals surface area contributed by atoms with E-state index >= 15 is 0 Å². The molecule has 0 atom stereocenters. The average Bonchev–Trinajstić information content (AvgIpc) is 2.77. The molecule has 0 radical (unpaired) electrons. The molecule has 0 unspecified atom stereocenters. The molecule has 0 bridgehead atoms. The van der Waals surface area contributed by atoms with E-state index in [-0.39, 0.29) is 40.3 Å². The molecular weight excluding hydrogens is 489 g/mol. The maximum Gasteiger partial charge on any atom is 0.409 e. The van der Waals surface area contributed by atoms with Gasteiger partial charge in [0.25, 0.3) is 10.0 Å². The first-order valence-corrected chi connectivity index (χ1v) is 12.6. The smallest absolute Gasteiger partial charge is 0.409 e. The van der Waals surface area contributed by atoms with Crippen molar-refractivity contribution in [1.29, 1.82) is 0 Å². The monoisotopic (exact) mass is 513 g/mol. The van der Waals surface area contributed by atoms with E-state index in [1.165, 1.54) is 40.1 Å². The summed E-state index contributed by atoms with van der Waals surface area (Å²) >= 11 is 12.2. The number of carbonyl (C=O) groups is 2. The van der Waals surface area contributed by atoms with E-state index < -0.39 is 28.6 Å². The molecule has 1 heterocycles. The van der Waals surface area contributed by atoms with Crippen molar-refractivity contribution < 1.29 is 22.7 Å². The zero-order valence-corrected chi connectivity index (χ0v) is 20.7. The summed E-state index contributed by atoms with van der Waals surface area (Å²) in [7, 11) is -4.09. The SMILES string of the molecule is CCOC(=O)N1CCN(C(=O)CN(c2cc(Cl)cc(Cl)c2)S(=O)(=O)c2ccc(C)cc2)CC1. The second-order valence-corrected chi connectivity index (χ2v) is 10.3. The fourth-order valence-electron chi connectivity index (χ4n) is 3.41. The van der Waals surface area contributed by atoms with Gasteiger partial charge in [-0.05, 0) is 44.2 Å². The van der Waals surface area contributed by atoms with Gasteiger partial charge in [-0.25, -0.2) is 13.2 Å². The molecule has 1 aliphatic heterocycles. The zero-order chi connectivity index (χ0) is 24.2. The number of sulfonamides is 1. The Labute approximate surface area is 203 Å².